The summed E-state index contributed by atoms with van der Waals surface area (Å²) in [5.74, 6) is -0.369. The summed E-state index contributed by atoms with van der Waals surface area (Å²) in [7, 11) is 0. The van der Waals surface area contributed by atoms with E-state index in [-0.39, 0.29) is 23.7 Å². The van der Waals surface area contributed by atoms with E-state index < -0.39 is 11.4 Å². The van der Waals surface area contributed by atoms with Gasteiger partial charge < -0.3 is 4.74 Å². The van der Waals surface area contributed by atoms with Crippen molar-refractivity contribution < 1.29 is 14.3 Å². The van der Waals surface area contributed by atoms with Crippen LogP contribution in [0.15, 0.2) is 24.8 Å². The number of rotatable bonds is 3. The first-order valence-corrected chi connectivity index (χ1v) is 7.37. The molecule has 0 aromatic rings. The Kier molecular flexibility index (Phi) is 3.90. The highest BCUT2D eigenvalue weighted by molar-refractivity contribution is 6.04. The lowest BCUT2D eigenvalue weighted by atomic mass is 9.49. The van der Waals surface area contributed by atoms with Crippen LogP contribution in [0.4, 0.5) is 0 Å². The predicted molar refractivity (Wildman–Crippen MR) is 78.1 cm³/mol. The number of Topliss-reactive ketones (excluding diaryl/α,β-unsaturated/α-hetero) is 1. The molecule has 3 atom stereocenters. The van der Waals surface area contributed by atoms with Crippen LogP contribution >= 0.6 is 0 Å². The van der Waals surface area contributed by atoms with Gasteiger partial charge in [0.1, 0.15) is 17.8 Å². The summed E-state index contributed by atoms with van der Waals surface area (Å²) in [5, 5.41) is 0. The van der Waals surface area contributed by atoms with Crippen LogP contribution in [0.3, 0.4) is 0 Å². The molecule has 3 nitrogen and oxygen atoms in total. The van der Waals surface area contributed by atoms with Crippen LogP contribution in [-0.2, 0) is 14.3 Å². The maximum Gasteiger partial charge on any atom is 0.319 e. The number of carbonyl (C=O) groups is 2. The van der Waals surface area contributed by atoms with Gasteiger partial charge in [0.15, 0.2) is 0 Å². The monoisotopic (exact) mass is 276 g/mol. The molecule has 2 fully saturated rings. The van der Waals surface area contributed by atoms with E-state index in [4.69, 9.17) is 4.74 Å². The summed E-state index contributed by atoms with van der Waals surface area (Å²) < 4.78 is 5.23. The van der Waals surface area contributed by atoms with Crippen molar-refractivity contribution in [3.63, 3.8) is 0 Å². The minimum absolute atomic E-state index is 0.00909. The number of esters is 1. The third-order valence-electron chi connectivity index (χ3n) is 5.45. The molecule has 0 radical (unpaired) electrons. The first kappa shape index (κ1) is 15.0. The predicted octanol–water partition coefficient (Wildman–Crippen LogP) is 3.45. The highest BCUT2D eigenvalue weighted by Crippen LogP contribution is 2.58. The number of ketones is 1. The molecule has 0 bridgehead atoms. The average Bonchev–Trinajstić information content (AvgIpc) is 2.43. The quantitative estimate of drug-likeness (QED) is 0.450. The van der Waals surface area contributed by atoms with Gasteiger partial charge >= 0.3 is 5.97 Å². The lowest BCUT2D eigenvalue weighted by Gasteiger charge is -2.53. The van der Waals surface area contributed by atoms with Crippen LogP contribution in [0.25, 0.3) is 0 Å². The van der Waals surface area contributed by atoms with Crippen molar-refractivity contribution in [2.75, 3.05) is 6.61 Å². The Morgan fingerprint density at radius 2 is 2.15 bits per heavy atom. The zero-order valence-electron chi connectivity index (χ0n) is 12.5. The van der Waals surface area contributed by atoms with Gasteiger partial charge in [-0.15, -0.1) is 0 Å². The van der Waals surface area contributed by atoms with E-state index in [0.29, 0.717) is 6.42 Å². The van der Waals surface area contributed by atoms with Crippen molar-refractivity contribution >= 4 is 11.8 Å². The summed E-state index contributed by atoms with van der Waals surface area (Å²) in [6, 6.07) is 0. The van der Waals surface area contributed by atoms with Crippen LogP contribution < -0.4 is 0 Å². The van der Waals surface area contributed by atoms with Crippen molar-refractivity contribution in [1.82, 2.24) is 0 Å². The number of ether oxygens (including phenoxy) is 1. The molecule has 0 spiro atoms. The second-order valence-electron chi connectivity index (χ2n) is 6.48. The number of hydrogen-bond donors (Lipinski definition) is 0. The van der Waals surface area contributed by atoms with Crippen LogP contribution in [0.5, 0.6) is 0 Å². The molecule has 2 aliphatic carbocycles. The smallest absolute Gasteiger partial charge is 0.319 e. The van der Waals surface area contributed by atoms with E-state index in [1.165, 1.54) is 11.6 Å². The Morgan fingerprint density at radius 1 is 1.45 bits per heavy atom. The Hall–Kier alpha value is -1.38. The van der Waals surface area contributed by atoms with Gasteiger partial charge in [0, 0.05) is 6.42 Å². The van der Waals surface area contributed by atoms with E-state index in [1.807, 2.05) is 0 Å². The molecule has 0 saturated heterocycles. The number of hydrogen-bond acceptors (Lipinski definition) is 3. The molecule has 20 heavy (non-hydrogen) atoms. The number of fused-ring (bicyclic) bond motifs is 1. The highest BCUT2D eigenvalue weighted by Gasteiger charge is 2.59. The first-order chi connectivity index (χ1) is 9.37. The van der Waals surface area contributed by atoms with Crippen molar-refractivity contribution in [2.45, 2.75) is 46.0 Å². The molecule has 2 saturated carbocycles. The molecule has 0 amide bonds. The van der Waals surface area contributed by atoms with E-state index in [1.54, 1.807) is 6.92 Å². The SMILES string of the molecule is C=CCOC(=O)C1(C)C(=O)CCC2(C)C(=C)CCCC21. The second kappa shape index (κ2) is 5.19. The lowest BCUT2D eigenvalue weighted by molar-refractivity contribution is -0.170. The van der Waals surface area contributed by atoms with Gasteiger partial charge in [-0.2, -0.15) is 0 Å². The molecule has 0 heterocycles. The molecule has 0 aromatic heterocycles. The van der Waals surface area contributed by atoms with Crippen molar-refractivity contribution in [2.24, 2.45) is 16.7 Å². The fraction of sp³-hybridized carbons (Fsp3) is 0.647. The van der Waals surface area contributed by atoms with Crippen LogP contribution in [-0.4, -0.2) is 18.4 Å². The molecule has 110 valence electrons. The van der Waals surface area contributed by atoms with Crippen molar-refractivity contribution in [3.8, 4) is 0 Å². The van der Waals surface area contributed by atoms with Gasteiger partial charge in [0.2, 0.25) is 0 Å². The molecule has 2 rings (SSSR count). The Bertz CT molecular complexity index is 465. The third kappa shape index (κ3) is 2.04. The zero-order chi connectivity index (χ0) is 15.0. The van der Waals surface area contributed by atoms with Gasteiger partial charge in [0.25, 0.3) is 0 Å². The van der Waals surface area contributed by atoms with Crippen LogP contribution in [0.1, 0.15) is 46.0 Å². The van der Waals surface area contributed by atoms with E-state index in [0.717, 1.165) is 25.7 Å². The highest BCUT2D eigenvalue weighted by atomic mass is 16.5. The minimum atomic E-state index is -1.03. The molecule has 2 aliphatic rings. The lowest BCUT2D eigenvalue weighted by Crippen LogP contribution is -2.55. The second-order valence-corrected chi connectivity index (χ2v) is 6.48. The third-order valence-corrected chi connectivity index (χ3v) is 5.45. The summed E-state index contributed by atoms with van der Waals surface area (Å²) in [5.41, 5.74) is 0.0389. The normalized spacial score (nSPS) is 37.2. The number of carbonyl (C=O) groups excluding carboxylic acids is 2. The summed E-state index contributed by atoms with van der Waals surface area (Å²) >= 11 is 0. The van der Waals surface area contributed by atoms with Gasteiger partial charge in [-0.1, -0.05) is 31.7 Å². The van der Waals surface area contributed by atoms with Gasteiger partial charge in [-0.25, -0.2) is 0 Å². The molecular formula is C17H24O3. The first-order valence-electron chi connectivity index (χ1n) is 7.37. The molecule has 0 aromatic carbocycles. The maximum atomic E-state index is 12.5. The van der Waals surface area contributed by atoms with Crippen molar-refractivity contribution in [1.29, 1.82) is 0 Å². The minimum Gasteiger partial charge on any atom is -0.461 e. The molecule has 3 unspecified atom stereocenters. The fourth-order valence-electron chi connectivity index (χ4n) is 4.01. The molecule has 3 heteroatoms. The van der Waals surface area contributed by atoms with E-state index >= 15 is 0 Å². The fourth-order valence-corrected chi connectivity index (χ4v) is 4.01. The Balaban J connectivity index is 2.37. The topological polar surface area (TPSA) is 43.4 Å². The standard InChI is InChI=1S/C17H24O3/c1-5-11-20-15(19)17(4)13-8-6-7-12(2)16(13,3)10-9-14(17)18/h5,13H,1-2,6-11H2,3-4H3. The van der Waals surface area contributed by atoms with Gasteiger partial charge in [0.05, 0.1) is 0 Å². The zero-order valence-corrected chi connectivity index (χ0v) is 12.5. The average molecular weight is 276 g/mol. The summed E-state index contributed by atoms with van der Waals surface area (Å²) in [6.07, 6.45) is 5.66. The Morgan fingerprint density at radius 3 is 2.80 bits per heavy atom. The van der Waals surface area contributed by atoms with E-state index in [9.17, 15) is 9.59 Å². The molecular weight excluding hydrogens is 252 g/mol. The molecule has 0 N–H and O–H groups in total. The van der Waals surface area contributed by atoms with Gasteiger partial charge in [-0.3, -0.25) is 9.59 Å². The largest absolute Gasteiger partial charge is 0.461 e. The van der Waals surface area contributed by atoms with E-state index in [2.05, 4.69) is 20.1 Å². The van der Waals surface area contributed by atoms with Crippen LogP contribution in [0, 0.1) is 16.7 Å². The van der Waals surface area contributed by atoms with Crippen LogP contribution in [0.2, 0.25) is 0 Å². The summed E-state index contributed by atoms with van der Waals surface area (Å²) in [6.45, 7) is 11.8. The maximum absolute atomic E-state index is 12.5. The summed E-state index contributed by atoms with van der Waals surface area (Å²) in [4.78, 5) is 24.9. The Labute approximate surface area is 121 Å². The number of allylic oxidation sites excluding steroid dienone is 1. The van der Waals surface area contributed by atoms with Crippen molar-refractivity contribution in [3.05, 3.63) is 24.8 Å². The van der Waals surface area contributed by atoms with Gasteiger partial charge in [-0.05, 0) is 43.9 Å². The molecule has 0 aliphatic heterocycles.